The highest BCUT2D eigenvalue weighted by Crippen LogP contribution is 2.47. The number of aromatic nitrogens is 2. The molecule has 0 bridgehead atoms. The molecule has 1 aromatic heterocycles. The first-order chi connectivity index (χ1) is 16.6. The molecule has 1 fully saturated rings. The van der Waals surface area contributed by atoms with Crippen LogP contribution in [0, 0.1) is 11.6 Å². The van der Waals surface area contributed by atoms with Crippen LogP contribution in [0.15, 0.2) is 63.3 Å². The Morgan fingerprint density at radius 3 is 2.51 bits per heavy atom. The molecule has 0 unspecified atom stereocenters. The van der Waals surface area contributed by atoms with Crippen molar-refractivity contribution in [3.63, 3.8) is 0 Å². The Morgan fingerprint density at radius 2 is 1.89 bits per heavy atom. The van der Waals surface area contributed by atoms with E-state index in [4.69, 9.17) is 4.42 Å². The van der Waals surface area contributed by atoms with E-state index < -0.39 is 38.1 Å². The molecule has 1 aliphatic heterocycles. The number of halogens is 2. The molecule has 184 valence electrons. The van der Waals surface area contributed by atoms with Gasteiger partial charge in [-0.3, -0.25) is 0 Å². The second-order valence-electron chi connectivity index (χ2n) is 9.40. The lowest BCUT2D eigenvalue weighted by Gasteiger charge is -2.38. The molecule has 0 saturated carbocycles. The molecule has 3 aromatic rings. The van der Waals surface area contributed by atoms with Crippen LogP contribution in [0.4, 0.5) is 8.78 Å². The zero-order chi connectivity index (χ0) is 25.0. The van der Waals surface area contributed by atoms with Crippen molar-refractivity contribution in [2.24, 2.45) is 0 Å². The van der Waals surface area contributed by atoms with Gasteiger partial charge < -0.3 is 4.42 Å². The van der Waals surface area contributed by atoms with Crippen LogP contribution >= 0.6 is 0 Å². The second-order valence-corrected chi connectivity index (χ2v) is 11.5. The van der Waals surface area contributed by atoms with Crippen molar-refractivity contribution in [1.82, 2.24) is 14.5 Å². The summed E-state index contributed by atoms with van der Waals surface area (Å²) in [5, 5.41) is 5.28. The van der Waals surface area contributed by atoms with E-state index >= 15 is 8.78 Å². The number of nitrogens with zero attached hydrogens (tertiary/aromatic N) is 2. The average Bonchev–Trinajstić information content (AvgIpc) is 3.23. The van der Waals surface area contributed by atoms with Crippen molar-refractivity contribution in [1.29, 1.82) is 0 Å². The van der Waals surface area contributed by atoms with Crippen molar-refractivity contribution < 1.29 is 21.6 Å². The Morgan fingerprint density at radius 1 is 1.17 bits per heavy atom. The van der Waals surface area contributed by atoms with E-state index in [1.807, 2.05) is 13.0 Å². The first-order valence-electron chi connectivity index (χ1n) is 11.4. The minimum absolute atomic E-state index is 0.0173. The molecule has 1 aliphatic carbocycles. The SMILES string of the molecule is CC1=C[C@](c2n[nH]c(=O)o2)(c2cc(F)c(CN3[C@@H](C)CC[C@H](c4ccccc4)S3(=O)=O)cc2F)C1. The predicted octanol–water partition coefficient (Wildman–Crippen LogP) is 4.33. The Bertz CT molecular complexity index is 1470. The third-order valence-corrected chi connectivity index (χ3v) is 9.38. The summed E-state index contributed by atoms with van der Waals surface area (Å²) in [6.07, 6.45) is 3.06. The highest BCUT2D eigenvalue weighted by molar-refractivity contribution is 7.89. The maximum absolute atomic E-state index is 15.4. The van der Waals surface area contributed by atoms with Gasteiger partial charge in [0.05, 0.1) is 5.41 Å². The number of sulfonamides is 1. The number of H-pyrrole nitrogens is 1. The summed E-state index contributed by atoms with van der Waals surface area (Å²) in [4.78, 5) is 11.5. The van der Waals surface area contributed by atoms with Crippen LogP contribution < -0.4 is 5.76 Å². The van der Waals surface area contributed by atoms with Gasteiger partial charge in [-0.25, -0.2) is 27.1 Å². The minimum Gasteiger partial charge on any atom is -0.391 e. The van der Waals surface area contributed by atoms with Gasteiger partial charge in [0.25, 0.3) is 0 Å². The first kappa shape index (κ1) is 23.6. The zero-order valence-corrected chi connectivity index (χ0v) is 20.1. The monoisotopic (exact) mass is 501 g/mol. The van der Waals surface area contributed by atoms with E-state index in [1.54, 1.807) is 37.3 Å². The molecule has 2 heterocycles. The van der Waals surface area contributed by atoms with Crippen molar-refractivity contribution in [3.8, 4) is 0 Å². The summed E-state index contributed by atoms with van der Waals surface area (Å²) < 4.78 is 64.1. The molecule has 5 rings (SSSR count). The number of hydrogen-bond acceptors (Lipinski definition) is 5. The number of hydrogen-bond donors (Lipinski definition) is 1. The standard InChI is InChI=1S/C25H25F2N3O4S/c1-15-12-25(13-15,23-28-29-24(31)34-23)19-11-20(26)18(10-21(19)27)14-30-16(2)8-9-22(35(30,32)33)17-6-4-3-5-7-17/h3-7,10-12,16,22H,8-9,13-14H2,1-2H3,(H,29,31)/t16-,22+,25+/m0/s1. The largest absolute Gasteiger partial charge is 0.434 e. The summed E-state index contributed by atoms with van der Waals surface area (Å²) in [5.41, 5.74) is 0.321. The smallest absolute Gasteiger partial charge is 0.391 e. The van der Waals surface area contributed by atoms with Gasteiger partial charge in [-0.05, 0) is 50.8 Å². The minimum atomic E-state index is -3.80. The third kappa shape index (κ3) is 3.94. The van der Waals surface area contributed by atoms with Crippen LogP contribution in [0.5, 0.6) is 0 Å². The van der Waals surface area contributed by atoms with Crippen molar-refractivity contribution in [2.75, 3.05) is 0 Å². The Hall–Kier alpha value is -3.11. The van der Waals surface area contributed by atoms with Gasteiger partial charge in [0.1, 0.15) is 16.9 Å². The van der Waals surface area contributed by atoms with Gasteiger partial charge >= 0.3 is 5.76 Å². The number of benzene rings is 2. The first-order valence-corrected chi connectivity index (χ1v) is 12.9. The highest BCUT2D eigenvalue weighted by atomic mass is 32.2. The molecule has 2 aliphatic rings. The molecule has 1 N–H and O–H groups in total. The number of nitrogens with one attached hydrogen (secondary N) is 1. The van der Waals surface area contributed by atoms with Gasteiger partial charge in [0.2, 0.25) is 15.9 Å². The van der Waals surface area contributed by atoms with Gasteiger partial charge in [0, 0.05) is 23.7 Å². The molecule has 0 amide bonds. The van der Waals surface area contributed by atoms with Crippen LogP contribution in [-0.4, -0.2) is 29.0 Å². The van der Waals surface area contributed by atoms with Crippen molar-refractivity contribution in [2.45, 2.75) is 56.4 Å². The van der Waals surface area contributed by atoms with E-state index in [1.165, 1.54) is 4.31 Å². The van der Waals surface area contributed by atoms with Gasteiger partial charge in [-0.1, -0.05) is 42.0 Å². The summed E-state index contributed by atoms with van der Waals surface area (Å²) in [6, 6.07) is 10.7. The van der Waals surface area contributed by atoms with E-state index in [-0.39, 0.29) is 29.6 Å². The van der Waals surface area contributed by atoms with Crippen LogP contribution in [0.3, 0.4) is 0 Å². The quantitative estimate of drug-likeness (QED) is 0.525. The fourth-order valence-electron chi connectivity index (χ4n) is 5.25. The molecule has 1 saturated heterocycles. The van der Waals surface area contributed by atoms with Crippen LogP contribution in [-0.2, 0) is 22.0 Å². The summed E-state index contributed by atoms with van der Waals surface area (Å²) in [7, 11) is -3.80. The molecule has 35 heavy (non-hydrogen) atoms. The van der Waals surface area contributed by atoms with Crippen molar-refractivity contribution in [3.05, 3.63) is 98.9 Å². The third-order valence-electron chi connectivity index (χ3n) is 7.01. The second kappa shape index (κ2) is 8.53. The van der Waals surface area contributed by atoms with E-state index in [0.717, 1.165) is 17.7 Å². The highest BCUT2D eigenvalue weighted by Gasteiger charge is 2.46. The average molecular weight is 502 g/mol. The topological polar surface area (TPSA) is 96.3 Å². The van der Waals surface area contributed by atoms with Crippen LogP contribution in [0.1, 0.15) is 60.9 Å². The maximum atomic E-state index is 15.4. The van der Waals surface area contributed by atoms with E-state index in [0.29, 0.717) is 24.8 Å². The molecule has 0 spiro atoms. The number of aromatic amines is 1. The fraction of sp³-hybridized carbons (Fsp3) is 0.360. The van der Waals surface area contributed by atoms with Crippen molar-refractivity contribution >= 4 is 10.0 Å². The summed E-state index contributed by atoms with van der Waals surface area (Å²) in [6.45, 7) is 3.32. The Kier molecular flexibility index (Phi) is 5.76. The summed E-state index contributed by atoms with van der Waals surface area (Å²) >= 11 is 0. The lowest BCUT2D eigenvalue weighted by atomic mass is 9.66. The molecule has 0 radical (unpaired) electrons. The Labute approximate surface area is 201 Å². The van der Waals surface area contributed by atoms with E-state index in [2.05, 4.69) is 10.2 Å². The normalized spacial score (nSPS) is 26.2. The van der Waals surface area contributed by atoms with Gasteiger partial charge in [-0.2, -0.15) is 4.31 Å². The zero-order valence-electron chi connectivity index (χ0n) is 19.3. The number of allylic oxidation sites excluding steroid dienone is 2. The molecule has 2 aromatic carbocycles. The lowest BCUT2D eigenvalue weighted by molar-refractivity contribution is 0.278. The van der Waals surface area contributed by atoms with Gasteiger partial charge in [-0.15, -0.1) is 5.10 Å². The molecule has 7 nitrogen and oxygen atoms in total. The van der Waals surface area contributed by atoms with Crippen LogP contribution in [0.25, 0.3) is 0 Å². The van der Waals surface area contributed by atoms with Gasteiger partial charge in [0.15, 0.2) is 0 Å². The number of rotatable bonds is 5. The van der Waals surface area contributed by atoms with E-state index in [9.17, 15) is 13.2 Å². The lowest BCUT2D eigenvalue weighted by Crippen LogP contribution is -2.45. The fourth-order valence-corrected chi connectivity index (χ4v) is 7.44. The Balaban J connectivity index is 1.50. The summed E-state index contributed by atoms with van der Waals surface area (Å²) in [5.74, 6) is -2.29. The molecule has 10 heteroatoms. The molecular formula is C25H25F2N3O4S. The van der Waals surface area contributed by atoms with Crippen LogP contribution in [0.2, 0.25) is 0 Å². The molecular weight excluding hydrogens is 476 g/mol. The molecule has 3 atom stereocenters. The maximum Gasteiger partial charge on any atom is 0.434 e. The predicted molar refractivity (Wildman–Crippen MR) is 125 cm³/mol.